The second-order valence-electron chi connectivity index (χ2n) is 8.09. The van der Waals surface area contributed by atoms with Crippen molar-refractivity contribution >= 4 is 40.2 Å². The minimum Gasteiger partial charge on any atom is -0.355 e. The van der Waals surface area contributed by atoms with E-state index in [4.69, 9.17) is 11.6 Å². The maximum absolute atomic E-state index is 14.3. The summed E-state index contributed by atoms with van der Waals surface area (Å²) in [7, 11) is 1.52. The maximum atomic E-state index is 14.3. The zero-order chi connectivity index (χ0) is 24.4. The first-order valence-corrected chi connectivity index (χ1v) is 11.1. The van der Waals surface area contributed by atoms with Crippen LogP contribution in [-0.4, -0.2) is 53.0 Å². The van der Waals surface area contributed by atoms with Gasteiger partial charge in [0.15, 0.2) is 0 Å². The van der Waals surface area contributed by atoms with Crippen molar-refractivity contribution in [3.63, 3.8) is 0 Å². The molecule has 2 aromatic carbocycles. The second-order valence-corrected chi connectivity index (χ2v) is 8.50. The number of carbonyl (C=O) groups is 3. The predicted octanol–water partition coefficient (Wildman–Crippen LogP) is 3.05. The number of fused-ring (bicyclic) bond motifs is 1. The van der Waals surface area contributed by atoms with Gasteiger partial charge < -0.3 is 20.1 Å². The quantitative estimate of drug-likeness (QED) is 0.559. The highest BCUT2D eigenvalue weighted by Crippen LogP contribution is 2.25. The van der Waals surface area contributed by atoms with E-state index in [-0.39, 0.29) is 42.5 Å². The molecule has 2 N–H and O–H groups in total. The van der Waals surface area contributed by atoms with Crippen LogP contribution in [0.3, 0.4) is 0 Å². The van der Waals surface area contributed by atoms with Gasteiger partial charge in [0, 0.05) is 42.7 Å². The van der Waals surface area contributed by atoms with Gasteiger partial charge in [0.05, 0.1) is 17.1 Å². The molecule has 2 atom stereocenters. The van der Waals surface area contributed by atoms with Crippen LogP contribution in [0.15, 0.2) is 48.7 Å². The highest BCUT2D eigenvalue weighted by Gasteiger charge is 2.39. The lowest BCUT2D eigenvalue weighted by Crippen LogP contribution is -2.46. The number of hydrogen-bond acceptors (Lipinski definition) is 3. The van der Waals surface area contributed by atoms with E-state index in [1.807, 2.05) is 0 Å². The Balaban J connectivity index is 1.51. The van der Waals surface area contributed by atoms with E-state index in [1.165, 1.54) is 24.1 Å². The van der Waals surface area contributed by atoms with Gasteiger partial charge in [0.25, 0.3) is 5.91 Å². The number of nitrogens with one attached hydrogen (secondary N) is 2. The van der Waals surface area contributed by atoms with Crippen LogP contribution < -0.4 is 10.6 Å². The number of likely N-dealkylation sites (tertiary alicyclic amines) is 1. The summed E-state index contributed by atoms with van der Waals surface area (Å²) in [5.41, 5.74) is 1.27. The number of rotatable bonds is 6. The van der Waals surface area contributed by atoms with Crippen LogP contribution in [0.5, 0.6) is 0 Å². The Morgan fingerprint density at radius 2 is 1.91 bits per heavy atom. The third-order valence-electron chi connectivity index (χ3n) is 5.92. The van der Waals surface area contributed by atoms with E-state index >= 15 is 0 Å². The number of aromatic nitrogens is 1. The summed E-state index contributed by atoms with van der Waals surface area (Å²) in [6, 6.07) is 10.6. The molecular formula is C24H23ClF2N4O3. The number of amides is 3. The largest absolute Gasteiger partial charge is 0.355 e. The molecule has 3 amide bonds. The zero-order valence-electron chi connectivity index (χ0n) is 18.4. The molecule has 0 spiro atoms. The molecule has 7 nitrogen and oxygen atoms in total. The molecule has 0 unspecified atom stereocenters. The van der Waals surface area contributed by atoms with Crippen LogP contribution in [0.4, 0.5) is 8.78 Å². The number of alkyl halides is 1. The Kier molecular flexibility index (Phi) is 6.83. The van der Waals surface area contributed by atoms with Crippen molar-refractivity contribution in [2.24, 2.45) is 0 Å². The highest BCUT2D eigenvalue weighted by atomic mass is 35.5. The number of nitrogens with zero attached hydrogens (tertiary/aromatic N) is 2. The standard InChI is InChI=1S/C24H23ClF2N4O3/c1-28-23(33)17-12-30(19-8-3-2-6-16(17)19)13-21(32)31-11-15(26)9-20(31)24(34)29-10-14-5-4-7-18(25)22(14)27/h2-8,12,15,20H,9-11,13H2,1H3,(H,28,33)(H,29,34)/t15-,20+/m1/s1. The van der Waals surface area contributed by atoms with Crippen LogP contribution in [0.1, 0.15) is 22.3 Å². The monoisotopic (exact) mass is 488 g/mol. The summed E-state index contributed by atoms with van der Waals surface area (Å²) in [5.74, 6) is -1.97. The highest BCUT2D eigenvalue weighted by molar-refractivity contribution is 6.30. The number of halogens is 3. The molecule has 4 rings (SSSR count). The third kappa shape index (κ3) is 4.61. The van der Waals surface area contributed by atoms with Crippen molar-refractivity contribution < 1.29 is 23.2 Å². The van der Waals surface area contributed by atoms with Gasteiger partial charge in [-0.2, -0.15) is 0 Å². The van der Waals surface area contributed by atoms with Gasteiger partial charge in [-0.15, -0.1) is 0 Å². The van der Waals surface area contributed by atoms with E-state index < -0.39 is 29.8 Å². The van der Waals surface area contributed by atoms with Gasteiger partial charge >= 0.3 is 0 Å². The molecule has 1 aliphatic rings. The molecule has 178 valence electrons. The van der Waals surface area contributed by atoms with Crippen molar-refractivity contribution in [1.82, 2.24) is 20.1 Å². The fourth-order valence-corrected chi connectivity index (χ4v) is 4.42. The lowest BCUT2D eigenvalue weighted by molar-refractivity contribution is -0.139. The van der Waals surface area contributed by atoms with E-state index in [0.717, 1.165) is 0 Å². The lowest BCUT2D eigenvalue weighted by Gasteiger charge is -2.24. The molecular weight excluding hydrogens is 466 g/mol. The van der Waals surface area contributed by atoms with E-state index in [0.29, 0.717) is 16.5 Å². The fraction of sp³-hybridized carbons (Fsp3) is 0.292. The van der Waals surface area contributed by atoms with Crippen molar-refractivity contribution in [1.29, 1.82) is 0 Å². The molecule has 1 aromatic heterocycles. The first kappa shape index (κ1) is 23.7. The molecule has 0 bridgehead atoms. The zero-order valence-corrected chi connectivity index (χ0v) is 19.1. The molecule has 3 aromatic rings. The molecule has 34 heavy (non-hydrogen) atoms. The molecule has 1 saturated heterocycles. The van der Waals surface area contributed by atoms with Gasteiger partial charge in [-0.3, -0.25) is 14.4 Å². The first-order valence-electron chi connectivity index (χ1n) is 10.7. The number of hydrogen-bond donors (Lipinski definition) is 2. The van der Waals surface area contributed by atoms with Crippen LogP contribution in [0.25, 0.3) is 10.9 Å². The maximum Gasteiger partial charge on any atom is 0.253 e. The Morgan fingerprint density at radius 1 is 1.15 bits per heavy atom. The molecule has 10 heteroatoms. The molecule has 2 heterocycles. The summed E-state index contributed by atoms with van der Waals surface area (Å²) in [4.78, 5) is 39.3. The van der Waals surface area contributed by atoms with Crippen molar-refractivity contribution in [2.45, 2.75) is 31.7 Å². The predicted molar refractivity (Wildman–Crippen MR) is 124 cm³/mol. The van der Waals surface area contributed by atoms with Crippen molar-refractivity contribution in [3.05, 3.63) is 70.6 Å². The first-order chi connectivity index (χ1) is 16.3. The van der Waals surface area contributed by atoms with Crippen molar-refractivity contribution in [3.8, 4) is 0 Å². The van der Waals surface area contributed by atoms with E-state index in [1.54, 1.807) is 41.1 Å². The summed E-state index contributed by atoms with van der Waals surface area (Å²) >= 11 is 5.77. The third-order valence-corrected chi connectivity index (χ3v) is 6.22. The van der Waals surface area contributed by atoms with E-state index in [2.05, 4.69) is 10.6 Å². The van der Waals surface area contributed by atoms with Gasteiger partial charge in [0.2, 0.25) is 11.8 Å². The van der Waals surface area contributed by atoms with Gasteiger partial charge in [0.1, 0.15) is 24.6 Å². The Bertz CT molecular complexity index is 1260. The minimum absolute atomic E-state index is 0.0664. The average molecular weight is 489 g/mol. The summed E-state index contributed by atoms with van der Waals surface area (Å²) < 4.78 is 30.0. The molecule has 0 aliphatic carbocycles. The van der Waals surface area contributed by atoms with Gasteiger partial charge in [-0.25, -0.2) is 8.78 Å². The summed E-state index contributed by atoms with van der Waals surface area (Å²) in [5, 5.41) is 5.76. The summed E-state index contributed by atoms with van der Waals surface area (Å²) in [6.07, 6.45) is 0.0675. The normalized spacial score (nSPS) is 17.7. The van der Waals surface area contributed by atoms with E-state index in [9.17, 15) is 23.2 Å². The smallest absolute Gasteiger partial charge is 0.253 e. The van der Waals surface area contributed by atoms with Crippen LogP contribution in [-0.2, 0) is 22.7 Å². The molecule has 0 radical (unpaired) electrons. The summed E-state index contributed by atoms with van der Waals surface area (Å²) in [6.45, 7) is -0.528. The Hall–Kier alpha value is -3.46. The number of carbonyl (C=O) groups excluding carboxylic acids is 3. The Labute approximate surface area is 199 Å². The minimum atomic E-state index is -1.36. The Morgan fingerprint density at radius 3 is 2.68 bits per heavy atom. The molecule has 1 fully saturated rings. The fourth-order valence-electron chi connectivity index (χ4n) is 4.22. The number of benzene rings is 2. The molecule has 0 saturated carbocycles. The van der Waals surface area contributed by atoms with Crippen LogP contribution in [0.2, 0.25) is 5.02 Å². The van der Waals surface area contributed by atoms with Gasteiger partial charge in [-0.05, 0) is 12.1 Å². The second kappa shape index (κ2) is 9.80. The van der Waals surface area contributed by atoms with Crippen LogP contribution in [0, 0.1) is 5.82 Å². The SMILES string of the molecule is CNC(=O)c1cn(CC(=O)N2C[C@H](F)C[C@H]2C(=O)NCc2cccc(Cl)c2F)c2ccccc12. The topological polar surface area (TPSA) is 83.4 Å². The number of para-hydroxylation sites is 1. The van der Waals surface area contributed by atoms with Gasteiger partial charge in [-0.1, -0.05) is 41.9 Å². The lowest BCUT2D eigenvalue weighted by atomic mass is 10.1. The average Bonchev–Trinajstić information content (AvgIpc) is 3.40. The molecule has 1 aliphatic heterocycles. The van der Waals surface area contributed by atoms with Crippen LogP contribution >= 0.6 is 11.6 Å². The van der Waals surface area contributed by atoms with Crippen molar-refractivity contribution in [2.75, 3.05) is 13.6 Å².